The maximum absolute atomic E-state index is 6.09. The van der Waals surface area contributed by atoms with E-state index in [1.807, 2.05) is 24.3 Å². The Morgan fingerprint density at radius 1 is 1.24 bits per heavy atom. The number of rotatable bonds is 3. The molecule has 0 aliphatic rings. The van der Waals surface area contributed by atoms with Crippen molar-refractivity contribution in [2.45, 2.75) is 12.8 Å². The van der Waals surface area contributed by atoms with Crippen LogP contribution in [-0.4, -0.2) is 16.7 Å². The molecule has 3 aromatic rings. The molecule has 0 amide bonds. The number of fused-ring (bicyclic) bond motifs is 1. The fourth-order valence-corrected chi connectivity index (χ4v) is 2.99. The van der Waals surface area contributed by atoms with Crippen LogP contribution in [0.25, 0.3) is 16.7 Å². The van der Waals surface area contributed by atoms with Crippen LogP contribution < -0.4 is 4.74 Å². The Morgan fingerprint density at radius 3 is 2.76 bits per heavy atom. The van der Waals surface area contributed by atoms with Crippen LogP contribution in [0.3, 0.4) is 0 Å². The number of benzene rings is 2. The van der Waals surface area contributed by atoms with Crippen LogP contribution in [0.15, 0.2) is 40.9 Å². The number of hydrogen-bond acceptors (Lipinski definition) is 2. The van der Waals surface area contributed by atoms with Crippen molar-refractivity contribution in [3.05, 3.63) is 52.3 Å². The molecule has 0 aliphatic carbocycles. The van der Waals surface area contributed by atoms with Crippen LogP contribution in [-0.2, 0) is 5.88 Å². The van der Waals surface area contributed by atoms with Crippen LogP contribution in [0, 0.1) is 6.92 Å². The monoisotopic (exact) mass is 364 g/mol. The molecule has 0 saturated heterocycles. The Hall–Kier alpha value is -1.52. The van der Waals surface area contributed by atoms with Crippen LogP contribution in [0.4, 0.5) is 0 Å². The fraction of sp³-hybridized carbons (Fsp3) is 0.188. The van der Waals surface area contributed by atoms with Crippen molar-refractivity contribution in [1.82, 2.24) is 9.55 Å². The normalized spacial score (nSPS) is 11.0. The lowest BCUT2D eigenvalue weighted by Crippen LogP contribution is -2.01. The first-order valence-corrected chi connectivity index (χ1v) is 7.84. The summed E-state index contributed by atoms with van der Waals surface area (Å²) >= 11 is 9.69. The molecule has 3 rings (SSSR count). The zero-order valence-corrected chi connectivity index (χ0v) is 14.1. The average Bonchev–Trinajstić information content (AvgIpc) is 2.85. The van der Waals surface area contributed by atoms with Gasteiger partial charge in [-0.15, -0.1) is 11.6 Å². The fourth-order valence-electron chi connectivity index (χ4n) is 2.38. The van der Waals surface area contributed by atoms with E-state index in [2.05, 4.69) is 44.5 Å². The minimum atomic E-state index is 0.345. The second-order valence-corrected chi connectivity index (χ2v) is 5.93. The van der Waals surface area contributed by atoms with Crippen molar-refractivity contribution in [1.29, 1.82) is 0 Å². The number of halogens is 2. The molecular formula is C16H14BrClN2O. The molecule has 0 radical (unpaired) electrons. The molecule has 5 heteroatoms. The second kappa shape index (κ2) is 5.70. The van der Waals surface area contributed by atoms with E-state index >= 15 is 0 Å². The van der Waals surface area contributed by atoms with Gasteiger partial charge in [-0.2, -0.15) is 0 Å². The van der Waals surface area contributed by atoms with Crippen molar-refractivity contribution in [2.24, 2.45) is 0 Å². The molecule has 0 unspecified atom stereocenters. The maximum atomic E-state index is 6.09. The summed E-state index contributed by atoms with van der Waals surface area (Å²) in [5, 5.41) is 0. The molecule has 3 nitrogen and oxygen atoms in total. The van der Waals surface area contributed by atoms with E-state index in [9.17, 15) is 0 Å². The Labute approximate surface area is 136 Å². The number of aromatic nitrogens is 2. The summed E-state index contributed by atoms with van der Waals surface area (Å²) in [6.07, 6.45) is 0. The van der Waals surface area contributed by atoms with Gasteiger partial charge in [0.1, 0.15) is 11.6 Å². The summed E-state index contributed by atoms with van der Waals surface area (Å²) in [5.74, 6) is 1.95. The third-order valence-corrected chi connectivity index (χ3v) is 4.30. The van der Waals surface area contributed by atoms with Gasteiger partial charge in [-0.05, 0) is 52.7 Å². The molecule has 0 fully saturated rings. The topological polar surface area (TPSA) is 27.1 Å². The molecule has 2 aromatic carbocycles. The number of alkyl halides is 1. The summed E-state index contributed by atoms with van der Waals surface area (Å²) in [6.45, 7) is 2.07. The minimum Gasteiger partial charge on any atom is -0.497 e. The van der Waals surface area contributed by atoms with Gasteiger partial charge in [-0.25, -0.2) is 4.98 Å². The molecule has 1 heterocycles. The first-order valence-electron chi connectivity index (χ1n) is 6.52. The van der Waals surface area contributed by atoms with Crippen molar-refractivity contribution in [3.8, 4) is 11.4 Å². The van der Waals surface area contributed by atoms with Crippen LogP contribution >= 0.6 is 27.5 Å². The third-order valence-electron chi connectivity index (χ3n) is 3.39. The van der Waals surface area contributed by atoms with Crippen LogP contribution in [0.2, 0.25) is 0 Å². The van der Waals surface area contributed by atoms with Gasteiger partial charge in [-0.1, -0.05) is 6.07 Å². The Bertz CT molecular complexity index is 813. The zero-order valence-electron chi connectivity index (χ0n) is 11.7. The molecule has 0 N–H and O–H groups in total. The smallest absolute Gasteiger partial charge is 0.129 e. The van der Waals surface area contributed by atoms with Gasteiger partial charge >= 0.3 is 0 Å². The lowest BCUT2D eigenvalue weighted by atomic mass is 10.2. The molecule has 21 heavy (non-hydrogen) atoms. The van der Waals surface area contributed by atoms with E-state index < -0.39 is 0 Å². The molecular weight excluding hydrogens is 352 g/mol. The van der Waals surface area contributed by atoms with E-state index in [0.717, 1.165) is 32.8 Å². The largest absolute Gasteiger partial charge is 0.497 e. The van der Waals surface area contributed by atoms with Gasteiger partial charge in [0, 0.05) is 10.5 Å². The van der Waals surface area contributed by atoms with E-state index in [1.165, 1.54) is 5.56 Å². The summed E-state index contributed by atoms with van der Waals surface area (Å²) in [7, 11) is 1.66. The molecule has 0 bridgehead atoms. The summed E-state index contributed by atoms with van der Waals surface area (Å²) in [5.41, 5.74) is 4.13. The van der Waals surface area contributed by atoms with Gasteiger partial charge in [0.15, 0.2) is 0 Å². The molecule has 0 spiro atoms. The number of ether oxygens (including phenoxy) is 1. The lowest BCUT2D eigenvalue weighted by molar-refractivity contribution is 0.414. The van der Waals surface area contributed by atoms with E-state index in [-0.39, 0.29) is 0 Å². The van der Waals surface area contributed by atoms with E-state index in [4.69, 9.17) is 16.3 Å². The van der Waals surface area contributed by atoms with Crippen molar-refractivity contribution in [3.63, 3.8) is 0 Å². The summed E-state index contributed by atoms with van der Waals surface area (Å²) in [4.78, 5) is 4.61. The maximum Gasteiger partial charge on any atom is 0.129 e. The number of hydrogen-bond donors (Lipinski definition) is 0. The summed E-state index contributed by atoms with van der Waals surface area (Å²) in [6, 6.07) is 12.0. The standard InChI is InChI=1S/C16H14BrClN2O/c1-10-3-6-13-15(7-10)20(16(9-18)19-13)14-8-11(21-2)4-5-12(14)17/h3-8H,9H2,1-2H3. The number of imidazole rings is 1. The SMILES string of the molecule is COc1ccc(Br)c(-n2c(CCl)nc3ccc(C)cc32)c1. The molecule has 0 aliphatic heterocycles. The van der Waals surface area contributed by atoms with E-state index in [1.54, 1.807) is 7.11 Å². The van der Waals surface area contributed by atoms with Crippen molar-refractivity contribution < 1.29 is 4.74 Å². The van der Waals surface area contributed by atoms with Gasteiger partial charge in [0.25, 0.3) is 0 Å². The third kappa shape index (κ3) is 2.54. The highest BCUT2D eigenvalue weighted by Gasteiger charge is 2.14. The second-order valence-electron chi connectivity index (χ2n) is 4.81. The summed E-state index contributed by atoms with van der Waals surface area (Å²) < 4.78 is 8.37. The lowest BCUT2D eigenvalue weighted by Gasteiger charge is -2.12. The molecule has 1 aromatic heterocycles. The Morgan fingerprint density at radius 2 is 2.05 bits per heavy atom. The highest BCUT2D eigenvalue weighted by Crippen LogP contribution is 2.31. The van der Waals surface area contributed by atoms with Gasteiger partial charge in [-0.3, -0.25) is 4.57 Å². The number of nitrogens with zero attached hydrogens (tertiary/aromatic N) is 2. The van der Waals surface area contributed by atoms with Gasteiger partial charge < -0.3 is 4.74 Å². The number of methoxy groups -OCH3 is 1. The van der Waals surface area contributed by atoms with Gasteiger partial charge in [0.05, 0.1) is 29.7 Å². The van der Waals surface area contributed by atoms with Crippen LogP contribution in [0.5, 0.6) is 5.75 Å². The molecule has 0 atom stereocenters. The Kier molecular flexibility index (Phi) is 3.91. The van der Waals surface area contributed by atoms with Gasteiger partial charge in [0.2, 0.25) is 0 Å². The van der Waals surface area contributed by atoms with Crippen molar-refractivity contribution >= 4 is 38.6 Å². The quantitative estimate of drug-likeness (QED) is 0.621. The Balaban J connectivity index is 2.35. The number of aryl methyl sites for hydroxylation is 1. The first kappa shape index (κ1) is 14.4. The average molecular weight is 366 g/mol. The van der Waals surface area contributed by atoms with Crippen molar-refractivity contribution in [2.75, 3.05) is 7.11 Å². The highest BCUT2D eigenvalue weighted by atomic mass is 79.9. The minimum absolute atomic E-state index is 0.345. The molecule has 0 saturated carbocycles. The first-order chi connectivity index (χ1) is 10.1. The highest BCUT2D eigenvalue weighted by molar-refractivity contribution is 9.10. The zero-order chi connectivity index (χ0) is 15.0. The predicted octanol–water partition coefficient (Wildman–Crippen LogP) is 4.84. The predicted molar refractivity (Wildman–Crippen MR) is 89.6 cm³/mol. The van der Waals surface area contributed by atoms with E-state index in [0.29, 0.717) is 5.88 Å². The molecule has 108 valence electrons. The van der Waals surface area contributed by atoms with Crippen LogP contribution in [0.1, 0.15) is 11.4 Å².